The molecule has 0 amide bonds. The average molecular weight is 284 g/mol. The van der Waals surface area contributed by atoms with Gasteiger partial charge in [0.05, 0.1) is 6.10 Å². The Morgan fingerprint density at radius 1 is 1.14 bits per heavy atom. The highest BCUT2D eigenvalue weighted by molar-refractivity contribution is 5.30. The highest BCUT2D eigenvalue weighted by atomic mass is 16.5. The van der Waals surface area contributed by atoms with E-state index in [1.54, 1.807) is 0 Å². The van der Waals surface area contributed by atoms with Crippen LogP contribution in [0.2, 0.25) is 0 Å². The lowest BCUT2D eigenvalue weighted by Gasteiger charge is -2.16. The Kier molecular flexibility index (Phi) is 5.34. The molecule has 3 heteroatoms. The van der Waals surface area contributed by atoms with Gasteiger partial charge in [-0.1, -0.05) is 18.2 Å². The predicted octanol–water partition coefficient (Wildman–Crippen LogP) is 4.03. The van der Waals surface area contributed by atoms with E-state index in [0.717, 1.165) is 18.0 Å². The molecule has 0 aliphatic heterocycles. The first-order valence-electron chi connectivity index (χ1n) is 7.46. The molecule has 0 aliphatic carbocycles. The predicted molar refractivity (Wildman–Crippen MR) is 86.4 cm³/mol. The number of benzene rings is 1. The molecular weight excluding hydrogens is 260 g/mol. The molecule has 0 radical (unpaired) electrons. The first-order valence-corrected chi connectivity index (χ1v) is 7.46. The average Bonchev–Trinajstić information content (AvgIpc) is 2.46. The highest BCUT2D eigenvalue weighted by Gasteiger charge is 2.07. The fraction of sp³-hybridized carbons (Fsp3) is 0.389. The molecule has 1 N–H and O–H groups in total. The molecule has 0 aliphatic rings. The maximum absolute atomic E-state index is 5.74. The van der Waals surface area contributed by atoms with E-state index in [-0.39, 0.29) is 12.1 Å². The normalized spacial score (nSPS) is 12.4. The molecule has 1 aromatic heterocycles. The Hall–Kier alpha value is -1.87. The van der Waals surface area contributed by atoms with Crippen LogP contribution in [-0.4, -0.2) is 11.1 Å². The topological polar surface area (TPSA) is 34.1 Å². The van der Waals surface area contributed by atoms with E-state index in [4.69, 9.17) is 4.74 Å². The van der Waals surface area contributed by atoms with Gasteiger partial charge in [0.1, 0.15) is 5.75 Å². The van der Waals surface area contributed by atoms with Gasteiger partial charge in [0.2, 0.25) is 0 Å². The van der Waals surface area contributed by atoms with Gasteiger partial charge in [-0.3, -0.25) is 4.98 Å². The van der Waals surface area contributed by atoms with Crippen LogP contribution in [0.3, 0.4) is 0 Å². The number of hydrogen-bond donors (Lipinski definition) is 1. The van der Waals surface area contributed by atoms with E-state index in [1.165, 1.54) is 11.1 Å². The first kappa shape index (κ1) is 15.5. The van der Waals surface area contributed by atoms with Gasteiger partial charge >= 0.3 is 0 Å². The minimum absolute atomic E-state index is 0.196. The summed E-state index contributed by atoms with van der Waals surface area (Å²) in [6.45, 7) is 9.05. The van der Waals surface area contributed by atoms with Crippen molar-refractivity contribution in [3.63, 3.8) is 0 Å². The first-order chi connectivity index (χ1) is 10.0. The van der Waals surface area contributed by atoms with Crippen LogP contribution >= 0.6 is 0 Å². The second-order valence-electron chi connectivity index (χ2n) is 5.65. The minimum atomic E-state index is 0.196. The second-order valence-corrected chi connectivity index (χ2v) is 5.65. The van der Waals surface area contributed by atoms with Crippen LogP contribution in [0.1, 0.15) is 43.6 Å². The van der Waals surface area contributed by atoms with Crippen molar-refractivity contribution in [1.82, 2.24) is 10.3 Å². The van der Waals surface area contributed by atoms with E-state index >= 15 is 0 Å². The zero-order chi connectivity index (χ0) is 15.2. The van der Waals surface area contributed by atoms with Gasteiger partial charge in [-0.05, 0) is 57.0 Å². The van der Waals surface area contributed by atoms with Gasteiger partial charge in [0.15, 0.2) is 0 Å². The van der Waals surface area contributed by atoms with E-state index in [2.05, 4.69) is 35.4 Å². The number of pyridine rings is 1. The monoisotopic (exact) mass is 284 g/mol. The Morgan fingerprint density at radius 3 is 2.62 bits per heavy atom. The summed E-state index contributed by atoms with van der Waals surface area (Å²) >= 11 is 0. The van der Waals surface area contributed by atoms with Crippen LogP contribution in [0.4, 0.5) is 0 Å². The van der Waals surface area contributed by atoms with Crippen molar-refractivity contribution in [3.05, 3.63) is 59.4 Å². The largest absolute Gasteiger partial charge is 0.491 e. The number of hydrogen-bond acceptors (Lipinski definition) is 3. The van der Waals surface area contributed by atoms with E-state index < -0.39 is 0 Å². The summed E-state index contributed by atoms with van der Waals surface area (Å²) in [6, 6.07) is 12.7. The third-order valence-corrected chi connectivity index (χ3v) is 3.31. The number of rotatable bonds is 6. The Bertz CT molecular complexity index is 564. The van der Waals surface area contributed by atoms with Gasteiger partial charge in [-0.2, -0.15) is 0 Å². The lowest BCUT2D eigenvalue weighted by molar-refractivity contribution is 0.242. The number of ether oxygens (including phenoxy) is 1. The maximum atomic E-state index is 5.74. The lowest BCUT2D eigenvalue weighted by Crippen LogP contribution is -2.18. The second kappa shape index (κ2) is 7.23. The van der Waals surface area contributed by atoms with Crippen molar-refractivity contribution < 1.29 is 4.74 Å². The van der Waals surface area contributed by atoms with E-state index in [9.17, 15) is 0 Å². The van der Waals surface area contributed by atoms with Gasteiger partial charge in [0.25, 0.3) is 0 Å². The van der Waals surface area contributed by atoms with Gasteiger partial charge in [-0.15, -0.1) is 0 Å². The standard InChI is InChI=1S/C18H24N2O/c1-13(2)21-18-7-5-6-17(10-18)15(4)20-12-16-9-8-14(3)19-11-16/h5-11,13,15,20H,12H2,1-4H3. The highest BCUT2D eigenvalue weighted by Crippen LogP contribution is 2.20. The third kappa shape index (κ3) is 4.87. The summed E-state index contributed by atoms with van der Waals surface area (Å²) in [4.78, 5) is 4.32. The van der Waals surface area contributed by atoms with Crippen molar-refractivity contribution in [1.29, 1.82) is 0 Å². The molecule has 0 fully saturated rings. The van der Waals surface area contributed by atoms with Crippen molar-refractivity contribution in [3.8, 4) is 5.75 Å². The summed E-state index contributed by atoms with van der Waals surface area (Å²) in [7, 11) is 0. The number of aromatic nitrogens is 1. The van der Waals surface area contributed by atoms with Crippen LogP contribution in [-0.2, 0) is 6.54 Å². The van der Waals surface area contributed by atoms with Crippen molar-refractivity contribution in [2.24, 2.45) is 0 Å². The lowest BCUT2D eigenvalue weighted by atomic mass is 10.1. The van der Waals surface area contributed by atoms with Crippen LogP contribution < -0.4 is 10.1 Å². The summed E-state index contributed by atoms with van der Waals surface area (Å²) in [5.74, 6) is 0.924. The molecule has 1 unspecified atom stereocenters. The summed E-state index contributed by atoms with van der Waals surface area (Å²) in [5, 5.41) is 3.52. The number of nitrogens with one attached hydrogen (secondary N) is 1. The quantitative estimate of drug-likeness (QED) is 0.869. The number of nitrogens with zero attached hydrogens (tertiary/aromatic N) is 1. The van der Waals surface area contributed by atoms with Crippen LogP contribution in [0.25, 0.3) is 0 Å². The summed E-state index contributed by atoms with van der Waals surface area (Å²) in [6.07, 6.45) is 2.12. The van der Waals surface area contributed by atoms with Gasteiger partial charge in [0, 0.05) is 24.5 Å². The zero-order valence-electron chi connectivity index (χ0n) is 13.3. The molecule has 0 spiro atoms. The SMILES string of the molecule is Cc1ccc(CNC(C)c2cccc(OC(C)C)c2)cn1. The minimum Gasteiger partial charge on any atom is -0.491 e. The van der Waals surface area contributed by atoms with Crippen molar-refractivity contribution >= 4 is 0 Å². The molecule has 0 bridgehead atoms. The molecule has 1 atom stereocenters. The Morgan fingerprint density at radius 2 is 1.95 bits per heavy atom. The molecule has 1 aromatic carbocycles. The van der Waals surface area contributed by atoms with Crippen molar-refractivity contribution in [2.45, 2.75) is 46.4 Å². The van der Waals surface area contributed by atoms with Crippen molar-refractivity contribution in [2.75, 3.05) is 0 Å². The van der Waals surface area contributed by atoms with Gasteiger partial charge in [-0.25, -0.2) is 0 Å². The molecule has 21 heavy (non-hydrogen) atoms. The van der Waals surface area contributed by atoms with Crippen LogP contribution in [0.5, 0.6) is 5.75 Å². The molecule has 1 heterocycles. The Labute approximate surface area is 127 Å². The smallest absolute Gasteiger partial charge is 0.120 e. The summed E-state index contributed by atoms with van der Waals surface area (Å²) < 4.78 is 5.74. The zero-order valence-corrected chi connectivity index (χ0v) is 13.3. The molecular formula is C18H24N2O. The molecule has 2 aromatic rings. The molecule has 3 nitrogen and oxygen atoms in total. The number of aryl methyl sites for hydroxylation is 1. The fourth-order valence-corrected chi connectivity index (χ4v) is 2.12. The summed E-state index contributed by atoms with van der Waals surface area (Å²) in [5.41, 5.74) is 3.47. The molecule has 2 rings (SSSR count). The molecule has 112 valence electrons. The van der Waals surface area contributed by atoms with Crippen LogP contribution in [0.15, 0.2) is 42.6 Å². The Balaban J connectivity index is 1.96. The van der Waals surface area contributed by atoms with E-state index in [1.807, 2.05) is 45.2 Å². The third-order valence-electron chi connectivity index (χ3n) is 3.31. The van der Waals surface area contributed by atoms with Gasteiger partial charge < -0.3 is 10.1 Å². The van der Waals surface area contributed by atoms with E-state index in [0.29, 0.717) is 0 Å². The van der Waals surface area contributed by atoms with Crippen LogP contribution in [0, 0.1) is 6.92 Å². The fourth-order valence-electron chi connectivity index (χ4n) is 2.12. The molecule has 0 saturated heterocycles. The molecule has 0 saturated carbocycles. The maximum Gasteiger partial charge on any atom is 0.120 e.